The predicted molar refractivity (Wildman–Crippen MR) is 60.8 cm³/mol. The molecule has 88 valence electrons. The molecule has 0 aromatic heterocycles. The average molecular weight is 248 g/mol. The molecule has 5 N–H and O–H groups in total. The molecule has 0 aliphatic heterocycles. The molecule has 0 radical (unpaired) electrons. The molecule has 0 unspecified atom stereocenters. The molecule has 0 saturated carbocycles. The van der Waals surface area contributed by atoms with E-state index in [-0.39, 0.29) is 36.0 Å². The normalized spacial score (nSPS) is 9.06. The smallest absolute Gasteiger partial charge is 0.322 e. The number of carboxylic acids is 1. The highest BCUT2D eigenvalue weighted by atomic mass is 35.5. The summed E-state index contributed by atoms with van der Waals surface area (Å²) in [4.78, 5) is 10.2. The van der Waals surface area contributed by atoms with Crippen LogP contribution >= 0.6 is 12.4 Å². The van der Waals surface area contributed by atoms with Gasteiger partial charge in [0.2, 0.25) is 0 Å². The summed E-state index contributed by atoms with van der Waals surface area (Å²) in [7, 11) is 0. The fourth-order valence-electron chi connectivity index (χ4n) is 0.997. The third-order valence-electron chi connectivity index (χ3n) is 1.71. The van der Waals surface area contributed by atoms with Gasteiger partial charge in [0, 0.05) is 5.56 Å². The lowest BCUT2D eigenvalue weighted by atomic mass is 10.2. The third kappa shape index (κ3) is 3.74. The molecule has 0 atom stereocenters. The molecule has 0 bridgehead atoms. The molecular weight excluding hydrogens is 237 g/mol. The number of hydrogen-bond acceptors (Lipinski definition) is 3. The van der Waals surface area contributed by atoms with E-state index in [1.54, 1.807) is 0 Å². The number of anilines is 1. The predicted octanol–water partition coefficient (Wildman–Crippen LogP) is 1.03. The van der Waals surface area contributed by atoms with Crippen LogP contribution in [0.25, 0.3) is 0 Å². The quantitative estimate of drug-likeness (QED) is 0.472. The van der Waals surface area contributed by atoms with Crippen LogP contribution < -0.4 is 11.1 Å². The number of aliphatic carboxylic acids is 1. The van der Waals surface area contributed by atoms with Crippen molar-refractivity contribution >= 4 is 29.9 Å². The van der Waals surface area contributed by atoms with Crippen LogP contribution in [0.2, 0.25) is 0 Å². The van der Waals surface area contributed by atoms with Gasteiger partial charge in [-0.3, -0.25) is 10.2 Å². The Morgan fingerprint density at radius 3 is 2.62 bits per heavy atom. The van der Waals surface area contributed by atoms with Crippen molar-refractivity contribution in [2.45, 2.75) is 0 Å². The maximum atomic E-state index is 13.3. The van der Waals surface area contributed by atoms with E-state index in [9.17, 15) is 9.18 Å². The molecule has 0 saturated heterocycles. The molecule has 7 heteroatoms. The van der Waals surface area contributed by atoms with E-state index in [2.05, 4.69) is 5.32 Å². The molecule has 0 amide bonds. The Morgan fingerprint density at radius 2 is 2.19 bits per heavy atom. The lowest BCUT2D eigenvalue weighted by Gasteiger charge is -2.06. The van der Waals surface area contributed by atoms with Crippen molar-refractivity contribution in [3.63, 3.8) is 0 Å². The van der Waals surface area contributed by atoms with E-state index < -0.39 is 11.8 Å². The molecule has 0 heterocycles. The van der Waals surface area contributed by atoms with Gasteiger partial charge in [0.05, 0.1) is 5.69 Å². The molecule has 0 fully saturated rings. The first kappa shape index (κ1) is 14.2. The van der Waals surface area contributed by atoms with Crippen molar-refractivity contribution in [3.05, 3.63) is 29.6 Å². The van der Waals surface area contributed by atoms with Gasteiger partial charge in [0.1, 0.15) is 18.2 Å². The fourth-order valence-corrected chi connectivity index (χ4v) is 0.997. The number of nitrogens with two attached hydrogens (primary N) is 1. The van der Waals surface area contributed by atoms with Crippen molar-refractivity contribution in [1.82, 2.24) is 0 Å². The molecule has 1 rings (SSSR count). The van der Waals surface area contributed by atoms with Crippen LogP contribution in [0.1, 0.15) is 5.56 Å². The second-order valence-corrected chi connectivity index (χ2v) is 2.86. The summed E-state index contributed by atoms with van der Waals surface area (Å²) in [6.45, 7) is -0.365. The van der Waals surface area contributed by atoms with Crippen LogP contribution in [-0.4, -0.2) is 23.5 Å². The highest BCUT2D eigenvalue weighted by molar-refractivity contribution is 5.95. The number of hydrogen-bond donors (Lipinski definition) is 4. The minimum Gasteiger partial charge on any atom is -0.480 e. The first-order valence-electron chi connectivity index (χ1n) is 4.10. The highest BCUT2D eigenvalue weighted by Gasteiger charge is 2.05. The lowest BCUT2D eigenvalue weighted by molar-refractivity contribution is -0.134. The largest absolute Gasteiger partial charge is 0.480 e. The Hall–Kier alpha value is -1.82. The van der Waals surface area contributed by atoms with E-state index >= 15 is 0 Å². The van der Waals surface area contributed by atoms with Crippen molar-refractivity contribution < 1.29 is 14.3 Å². The van der Waals surface area contributed by atoms with Gasteiger partial charge in [-0.05, 0) is 18.2 Å². The Bertz CT molecular complexity index is 412. The maximum absolute atomic E-state index is 13.3. The summed E-state index contributed by atoms with van der Waals surface area (Å²) >= 11 is 0. The Balaban J connectivity index is 0.00000225. The Morgan fingerprint density at radius 1 is 1.56 bits per heavy atom. The van der Waals surface area contributed by atoms with Crippen LogP contribution in [-0.2, 0) is 4.79 Å². The van der Waals surface area contributed by atoms with Gasteiger partial charge < -0.3 is 16.2 Å². The number of nitrogen functional groups attached to an aromatic ring is 1. The monoisotopic (exact) mass is 247 g/mol. The van der Waals surface area contributed by atoms with Crippen LogP contribution in [0.5, 0.6) is 0 Å². The van der Waals surface area contributed by atoms with E-state index in [0.29, 0.717) is 0 Å². The summed E-state index contributed by atoms with van der Waals surface area (Å²) in [6.07, 6.45) is 0. The van der Waals surface area contributed by atoms with Crippen molar-refractivity contribution in [3.8, 4) is 0 Å². The number of halogens is 2. The number of carboxylic acid groups (broad SMARTS) is 1. The van der Waals surface area contributed by atoms with Crippen LogP contribution in [0.15, 0.2) is 18.2 Å². The van der Waals surface area contributed by atoms with Crippen molar-refractivity contribution in [2.75, 3.05) is 11.9 Å². The number of amidine groups is 1. The third-order valence-corrected chi connectivity index (χ3v) is 1.71. The molecule has 1 aromatic rings. The molecule has 1 aromatic carbocycles. The molecular formula is C9H11ClFN3O2. The van der Waals surface area contributed by atoms with Crippen LogP contribution in [0, 0.1) is 11.2 Å². The van der Waals surface area contributed by atoms with E-state index in [4.69, 9.17) is 16.2 Å². The molecule has 0 spiro atoms. The number of benzene rings is 1. The fraction of sp³-hybridized carbons (Fsp3) is 0.111. The standard InChI is InChI=1S/C9H10FN3O2.ClH/c10-6-3-5(9(11)12)1-2-7(6)13-4-8(14)15;/h1-3,13H,4H2,(H3,11,12)(H,14,15);1H. The highest BCUT2D eigenvalue weighted by Crippen LogP contribution is 2.14. The first-order chi connectivity index (χ1) is 7.00. The second kappa shape index (κ2) is 5.92. The van der Waals surface area contributed by atoms with Gasteiger partial charge in [-0.25, -0.2) is 4.39 Å². The zero-order chi connectivity index (χ0) is 11.4. The van der Waals surface area contributed by atoms with Gasteiger partial charge in [-0.2, -0.15) is 0 Å². The number of rotatable bonds is 4. The van der Waals surface area contributed by atoms with Crippen LogP contribution in [0.3, 0.4) is 0 Å². The molecule has 5 nitrogen and oxygen atoms in total. The summed E-state index contributed by atoms with van der Waals surface area (Å²) in [5.41, 5.74) is 5.49. The topological polar surface area (TPSA) is 99.2 Å². The second-order valence-electron chi connectivity index (χ2n) is 2.86. The van der Waals surface area contributed by atoms with Gasteiger partial charge in [-0.1, -0.05) is 0 Å². The van der Waals surface area contributed by atoms with Gasteiger partial charge >= 0.3 is 5.97 Å². The average Bonchev–Trinajstić information content (AvgIpc) is 2.15. The van der Waals surface area contributed by atoms with E-state index in [1.165, 1.54) is 12.1 Å². The van der Waals surface area contributed by atoms with Crippen LogP contribution in [0.4, 0.5) is 10.1 Å². The molecule has 0 aliphatic rings. The Labute approximate surface area is 97.4 Å². The number of nitrogens with one attached hydrogen (secondary N) is 2. The van der Waals surface area contributed by atoms with Gasteiger partial charge in [0.25, 0.3) is 0 Å². The molecule has 16 heavy (non-hydrogen) atoms. The summed E-state index contributed by atoms with van der Waals surface area (Å²) in [6, 6.07) is 3.86. The number of carbonyl (C=O) groups is 1. The Kier molecular flexibility index (Phi) is 5.24. The summed E-state index contributed by atoms with van der Waals surface area (Å²) < 4.78 is 13.3. The van der Waals surface area contributed by atoms with Gasteiger partial charge in [-0.15, -0.1) is 12.4 Å². The van der Waals surface area contributed by atoms with E-state index in [1.807, 2.05) is 0 Å². The van der Waals surface area contributed by atoms with Crippen molar-refractivity contribution in [2.24, 2.45) is 5.73 Å². The van der Waals surface area contributed by atoms with E-state index in [0.717, 1.165) is 6.07 Å². The minimum absolute atomic E-state index is 0. The minimum atomic E-state index is -1.08. The maximum Gasteiger partial charge on any atom is 0.322 e. The SMILES string of the molecule is Cl.N=C(N)c1ccc(NCC(=O)O)c(F)c1. The molecule has 0 aliphatic carbocycles. The summed E-state index contributed by atoms with van der Waals surface area (Å²) in [5, 5.41) is 17.8. The zero-order valence-electron chi connectivity index (χ0n) is 8.16. The summed E-state index contributed by atoms with van der Waals surface area (Å²) in [5.74, 6) is -1.95. The van der Waals surface area contributed by atoms with Crippen molar-refractivity contribution in [1.29, 1.82) is 5.41 Å². The first-order valence-corrected chi connectivity index (χ1v) is 4.10. The lowest BCUT2D eigenvalue weighted by Crippen LogP contribution is -2.15. The zero-order valence-corrected chi connectivity index (χ0v) is 8.97. The van der Waals surface area contributed by atoms with Gasteiger partial charge in [0.15, 0.2) is 0 Å².